The summed E-state index contributed by atoms with van der Waals surface area (Å²) in [5, 5.41) is 0. The fraction of sp³-hybridized carbons (Fsp3) is 0.533. The van der Waals surface area contributed by atoms with Crippen LogP contribution < -0.4 is 5.46 Å². The Morgan fingerprint density at radius 2 is 1.32 bits per heavy atom. The van der Waals surface area contributed by atoms with E-state index in [9.17, 15) is 0 Å². The highest BCUT2D eigenvalue weighted by molar-refractivity contribution is 6.83. The topological polar surface area (TPSA) is 18.5 Å². The maximum Gasteiger partial charge on any atom is 0.494 e. The number of hydrogen-bond donors (Lipinski definition) is 0. The Hall–Kier alpha value is -1.80. The van der Waals surface area contributed by atoms with Crippen molar-refractivity contribution >= 4 is 20.7 Å². The molecule has 2 aliphatic rings. The SMILES string of the molecule is CCCC1(CCC)c2cc(C#C[Si](C)(C)C)ccc2-c2ccc(B3OC(C)(C)C(C)(C)O3)cc21. The molecule has 0 radical (unpaired) electrons. The molecule has 4 rings (SSSR count). The molecule has 0 saturated carbocycles. The second kappa shape index (κ2) is 8.70. The molecule has 0 atom stereocenters. The van der Waals surface area contributed by atoms with Gasteiger partial charge in [-0.3, -0.25) is 0 Å². The van der Waals surface area contributed by atoms with E-state index in [0.717, 1.165) is 36.7 Å². The molecule has 0 bridgehead atoms. The summed E-state index contributed by atoms with van der Waals surface area (Å²) >= 11 is 0. The minimum Gasteiger partial charge on any atom is -0.399 e. The smallest absolute Gasteiger partial charge is 0.399 e. The van der Waals surface area contributed by atoms with Gasteiger partial charge in [-0.1, -0.05) is 76.5 Å². The van der Waals surface area contributed by atoms with Gasteiger partial charge in [0, 0.05) is 11.0 Å². The van der Waals surface area contributed by atoms with Gasteiger partial charge < -0.3 is 9.31 Å². The molecular formula is C30H41BO2Si. The molecule has 1 saturated heterocycles. The van der Waals surface area contributed by atoms with Gasteiger partial charge in [0.2, 0.25) is 0 Å². The first-order valence-electron chi connectivity index (χ1n) is 13.0. The minimum atomic E-state index is -1.43. The van der Waals surface area contributed by atoms with Crippen molar-refractivity contribution < 1.29 is 9.31 Å². The summed E-state index contributed by atoms with van der Waals surface area (Å²) in [6.45, 7) is 20.0. The maximum absolute atomic E-state index is 6.42. The van der Waals surface area contributed by atoms with E-state index in [1.165, 1.54) is 22.3 Å². The summed E-state index contributed by atoms with van der Waals surface area (Å²) in [4.78, 5) is 0. The molecule has 0 aromatic heterocycles. The van der Waals surface area contributed by atoms with Crippen molar-refractivity contribution in [3.05, 3.63) is 53.1 Å². The van der Waals surface area contributed by atoms with Crippen molar-refractivity contribution in [2.24, 2.45) is 0 Å². The Bertz CT molecular complexity index is 1120. The van der Waals surface area contributed by atoms with Crippen LogP contribution in [0.1, 0.15) is 83.9 Å². The monoisotopic (exact) mass is 472 g/mol. The van der Waals surface area contributed by atoms with Crippen molar-refractivity contribution in [3.8, 4) is 22.6 Å². The van der Waals surface area contributed by atoms with Gasteiger partial charge in [-0.15, -0.1) is 5.54 Å². The largest absolute Gasteiger partial charge is 0.494 e. The van der Waals surface area contributed by atoms with E-state index < -0.39 is 8.07 Å². The molecule has 1 aliphatic carbocycles. The third kappa shape index (κ3) is 4.32. The van der Waals surface area contributed by atoms with Gasteiger partial charge in [-0.2, -0.15) is 0 Å². The lowest BCUT2D eigenvalue weighted by atomic mass is 9.69. The van der Waals surface area contributed by atoms with E-state index in [1.807, 2.05) is 0 Å². The van der Waals surface area contributed by atoms with E-state index in [1.54, 1.807) is 0 Å². The van der Waals surface area contributed by atoms with Crippen LogP contribution in [0.4, 0.5) is 0 Å². The number of hydrogen-bond acceptors (Lipinski definition) is 2. The summed E-state index contributed by atoms with van der Waals surface area (Å²) < 4.78 is 12.8. The van der Waals surface area contributed by atoms with Gasteiger partial charge in [0.25, 0.3) is 0 Å². The zero-order valence-electron chi connectivity index (χ0n) is 22.7. The van der Waals surface area contributed by atoms with Crippen LogP contribution in [0, 0.1) is 11.5 Å². The highest BCUT2D eigenvalue weighted by atomic mass is 28.3. The fourth-order valence-corrected chi connectivity index (χ4v) is 6.01. The predicted octanol–water partition coefficient (Wildman–Crippen LogP) is 7.08. The molecule has 34 heavy (non-hydrogen) atoms. The van der Waals surface area contributed by atoms with Gasteiger partial charge in [0.05, 0.1) is 11.2 Å². The van der Waals surface area contributed by atoms with Crippen LogP contribution in [0.5, 0.6) is 0 Å². The van der Waals surface area contributed by atoms with Gasteiger partial charge in [0.1, 0.15) is 8.07 Å². The van der Waals surface area contributed by atoms with Crippen molar-refractivity contribution in [1.29, 1.82) is 0 Å². The zero-order valence-corrected chi connectivity index (χ0v) is 23.7. The molecule has 0 unspecified atom stereocenters. The molecule has 2 nitrogen and oxygen atoms in total. The van der Waals surface area contributed by atoms with E-state index in [2.05, 4.69) is 109 Å². The molecule has 0 amide bonds. The van der Waals surface area contributed by atoms with Gasteiger partial charge in [-0.25, -0.2) is 0 Å². The first kappa shape index (κ1) is 25.3. The number of benzene rings is 2. The second-order valence-electron chi connectivity index (χ2n) is 12.2. The normalized spacial score (nSPS) is 19.4. The standard InChI is InChI=1S/C30H41BO2Si/c1-10-17-30(18-11-2)26-20-22(16-19-34(7,8)9)12-14-24(26)25-15-13-23(21-27(25)30)31-32-28(3,4)29(5,6)33-31/h12-15,20-21H,10-11,17-18H2,1-9H3. The summed E-state index contributed by atoms with van der Waals surface area (Å²) in [5.41, 5.74) is 10.8. The van der Waals surface area contributed by atoms with Crippen molar-refractivity contribution in [1.82, 2.24) is 0 Å². The van der Waals surface area contributed by atoms with Crippen LogP contribution in [0.25, 0.3) is 11.1 Å². The highest BCUT2D eigenvalue weighted by Crippen LogP contribution is 2.53. The summed E-state index contributed by atoms with van der Waals surface area (Å²) in [5.74, 6) is 3.51. The van der Waals surface area contributed by atoms with Gasteiger partial charge in [0.15, 0.2) is 0 Å². The van der Waals surface area contributed by atoms with Gasteiger partial charge in [-0.05, 0) is 80.4 Å². The summed E-state index contributed by atoms with van der Waals surface area (Å²) in [6.07, 6.45) is 4.56. The lowest BCUT2D eigenvalue weighted by Gasteiger charge is -2.32. The van der Waals surface area contributed by atoms with Crippen LogP contribution in [0.15, 0.2) is 36.4 Å². The van der Waals surface area contributed by atoms with Crippen LogP contribution in [-0.4, -0.2) is 26.4 Å². The average molecular weight is 473 g/mol. The Morgan fingerprint density at radius 3 is 1.85 bits per heavy atom. The Labute approximate surface area is 209 Å². The van der Waals surface area contributed by atoms with E-state index in [-0.39, 0.29) is 23.7 Å². The lowest BCUT2D eigenvalue weighted by Crippen LogP contribution is -2.41. The molecular weight excluding hydrogens is 431 g/mol. The number of fused-ring (bicyclic) bond motifs is 3. The number of rotatable bonds is 5. The molecule has 0 spiro atoms. The van der Waals surface area contributed by atoms with Crippen molar-refractivity contribution in [3.63, 3.8) is 0 Å². The Kier molecular flexibility index (Phi) is 6.47. The van der Waals surface area contributed by atoms with Crippen LogP contribution >= 0.6 is 0 Å². The maximum atomic E-state index is 6.42. The van der Waals surface area contributed by atoms with E-state index in [0.29, 0.717) is 0 Å². The average Bonchev–Trinajstić information content (AvgIpc) is 3.13. The van der Waals surface area contributed by atoms with Crippen molar-refractivity contribution in [2.75, 3.05) is 0 Å². The van der Waals surface area contributed by atoms with Crippen LogP contribution in [-0.2, 0) is 14.7 Å². The van der Waals surface area contributed by atoms with Crippen LogP contribution in [0.2, 0.25) is 19.6 Å². The fourth-order valence-electron chi connectivity index (χ4n) is 5.49. The zero-order chi connectivity index (χ0) is 24.9. The van der Waals surface area contributed by atoms with E-state index in [4.69, 9.17) is 9.31 Å². The molecule has 1 heterocycles. The highest BCUT2D eigenvalue weighted by Gasteiger charge is 2.52. The first-order valence-corrected chi connectivity index (χ1v) is 16.5. The Balaban J connectivity index is 1.84. The minimum absolute atomic E-state index is 0.0185. The van der Waals surface area contributed by atoms with E-state index >= 15 is 0 Å². The molecule has 0 N–H and O–H groups in total. The molecule has 1 fully saturated rings. The molecule has 2 aromatic rings. The lowest BCUT2D eigenvalue weighted by molar-refractivity contribution is 0.00578. The molecule has 2 aromatic carbocycles. The predicted molar refractivity (Wildman–Crippen MR) is 148 cm³/mol. The van der Waals surface area contributed by atoms with Crippen LogP contribution in [0.3, 0.4) is 0 Å². The third-order valence-corrected chi connectivity index (χ3v) is 8.72. The molecule has 180 valence electrons. The summed E-state index contributed by atoms with van der Waals surface area (Å²) in [6, 6.07) is 13.8. The van der Waals surface area contributed by atoms with Gasteiger partial charge >= 0.3 is 7.12 Å². The molecule has 4 heteroatoms. The van der Waals surface area contributed by atoms with Crippen molar-refractivity contribution in [2.45, 2.75) is 103 Å². The molecule has 1 aliphatic heterocycles. The summed E-state index contributed by atoms with van der Waals surface area (Å²) in [7, 11) is -1.77. The third-order valence-electron chi connectivity index (χ3n) is 7.85. The first-order chi connectivity index (χ1) is 15.8. The quantitative estimate of drug-likeness (QED) is 0.342. The second-order valence-corrected chi connectivity index (χ2v) is 17.0. The Morgan fingerprint density at radius 1 is 0.794 bits per heavy atom.